The van der Waals surface area contributed by atoms with Gasteiger partial charge in [-0.05, 0) is 38.5 Å². The summed E-state index contributed by atoms with van der Waals surface area (Å²) in [5.41, 5.74) is 0. The van der Waals surface area contributed by atoms with Crippen LogP contribution in [0.15, 0.2) is 12.2 Å². The van der Waals surface area contributed by atoms with E-state index in [9.17, 15) is 9.59 Å². The Labute approximate surface area is 260 Å². The molecule has 0 fully saturated rings. The minimum absolute atomic E-state index is 0.125. The van der Waals surface area contributed by atoms with Crippen LogP contribution in [-0.2, 0) is 9.59 Å². The number of aliphatic hydroxyl groups is 2. The second-order valence-electron chi connectivity index (χ2n) is 11.6. The molecule has 0 aliphatic carbocycles. The molecule has 0 aromatic carbocycles. The summed E-state index contributed by atoms with van der Waals surface area (Å²) in [5, 5.41) is 32.2. The lowest BCUT2D eigenvalue weighted by molar-refractivity contribution is -0.138. The zero-order valence-corrected chi connectivity index (χ0v) is 28.0. The predicted octanol–water partition coefficient (Wildman–Crippen LogP) is 10.6. The van der Waals surface area contributed by atoms with Crippen molar-refractivity contribution in [3.8, 4) is 0 Å². The summed E-state index contributed by atoms with van der Waals surface area (Å²) in [6, 6.07) is 0. The Morgan fingerprint density at radius 1 is 0.405 bits per heavy atom. The number of aliphatic hydroxyl groups excluding tert-OH is 2. The Hall–Kier alpha value is -1.40. The number of carboxylic acids is 2. The number of rotatable bonds is 30. The number of aliphatic carboxylic acids is 2. The highest BCUT2D eigenvalue weighted by Gasteiger charge is 1.97. The maximum Gasteiger partial charge on any atom is 0.303 e. The highest BCUT2D eigenvalue weighted by molar-refractivity contribution is 5.66. The molecule has 6 nitrogen and oxygen atoms in total. The molecule has 0 saturated carbocycles. The SMILES string of the molecule is CCCCCC/C=C\CCCCCCCC(=O)O.CCCCCCCCCCCCCCCCCC(=O)O.OCCO. The number of carbonyl (C=O) groups is 2. The van der Waals surface area contributed by atoms with Crippen molar-refractivity contribution in [3.05, 3.63) is 12.2 Å². The zero-order chi connectivity index (χ0) is 31.8. The average molecular weight is 601 g/mol. The van der Waals surface area contributed by atoms with Crippen LogP contribution in [0.5, 0.6) is 0 Å². The van der Waals surface area contributed by atoms with Crippen molar-refractivity contribution in [1.82, 2.24) is 0 Å². The van der Waals surface area contributed by atoms with Gasteiger partial charge in [-0.25, -0.2) is 0 Å². The summed E-state index contributed by atoms with van der Waals surface area (Å²) in [4.78, 5) is 20.6. The molecule has 0 aliphatic rings. The molecule has 42 heavy (non-hydrogen) atoms. The summed E-state index contributed by atoms with van der Waals surface area (Å²) in [5.74, 6) is -1.32. The van der Waals surface area contributed by atoms with Crippen molar-refractivity contribution in [2.24, 2.45) is 0 Å². The van der Waals surface area contributed by atoms with Gasteiger partial charge >= 0.3 is 11.9 Å². The van der Waals surface area contributed by atoms with Gasteiger partial charge < -0.3 is 20.4 Å². The van der Waals surface area contributed by atoms with Gasteiger partial charge in [0.25, 0.3) is 0 Å². The quantitative estimate of drug-likeness (QED) is 0.0481. The molecule has 0 radical (unpaired) electrons. The molecule has 0 bridgehead atoms. The van der Waals surface area contributed by atoms with Crippen molar-refractivity contribution in [1.29, 1.82) is 0 Å². The highest BCUT2D eigenvalue weighted by atomic mass is 16.4. The fourth-order valence-corrected chi connectivity index (χ4v) is 4.64. The van der Waals surface area contributed by atoms with Gasteiger partial charge in [0.2, 0.25) is 0 Å². The van der Waals surface area contributed by atoms with Crippen LogP contribution in [0.2, 0.25) is 0 Å². The van der Waals surface area contributed by atoms with Crippen molar-refractivity contribution in [3.63, 3.8) is 0 Å². The molecule has 0 unspecified atom stereocenters. The van der Waals surface area contributed by atoms with Gasteiger partial charge in [0.1, 0.15) is 0 Å². The van der Waals surface area contributed by atoms with E-state index in [0.29, 0.717) is 12.8 Å². The molecule has 0 atom stereocenters. The Morgan fingerprint density at radius 2 is 0.643 bits per heavy atom. The van der Waals surface area contributed by atoms with Crippen molar-refractivity contribution >= 4 is 11.9 Å². The number of hydrogen-bond acceptors (Lipinski definition) is 4. The van der Waals surface area contributed by atoms with Crippen LogP contribution >= 0.6 is 0 Å². The zero-order valence-electron chi connectivity index (χ0n) is 28.0. The van der Waals surface area contributed by atoms with Crippen LogP contribution in [0.1, 0.15) is 194 Å². The minimum Gasteiger partial charge on any atom is -0.481 e. The Kier molecular flexibility index (Phi) is 47.2. The number of carboxylic acid groups (broad SMARTS) is 2. The van der Waals surface area contributed by atoms with Crippen LogP contribution < -0.4 is 0 Å². The van der Waals surface area contributed by atoms with Crippen LogP contribution in [0, 0.1) is 0 Å². The van der Waals surface area contributed by atoms with Crippen LogP contribution in [0.25, 0.3) is 0 Å². The van der Waals surface area contributed by atoms with Gasteiger partial charge in [-0.15, -0.1) is 0 Å². The molecule has 0 aliphatic heterocycles. The molecule has 4 N–H and O–H groups in total. The largest absolute Gasteiger partial charge is 0.481 e. The molecule has 6 heteroatoms. The molecule has 252 valence electrons. The second-order valence-corrected chi connectivity index (χ2v) is 11.6. The standard InChI is InChI=1S/C18H36O2.C16H30O2.C2H6O2/c1-2-3-4-5-6-7-8-9-10-11-12-13-14-15-16-17-18(19)20;1-2-3-4-5-6-7-8-9-10-11-12-13-14-15-16(17)18;3-1-2-4/h2-17H2,1H3,(H,19,20);7-8H,2-6,9-15H2,1H3,(H,17,18);3-4H,1-2H2/b;8-7-;. The molecule has 0 aromatic heterocycles. The number of allylic oxidation sites excluding steroid dienone is 2. The first kappa shape index (κ1) is 45.0. The first-order valence-electron chi connectivity index (χ1n) is 17.8. The summed E-state index contributed by atoms with van der Waals surface area (Å²) >= 11 is 0. The average Bonchev–Trinajstić information content (AvgIpc) is 2.97. The van der Waals surface area contributed by atoms with Gasteiger partial charge in [-0.1, -0.05) is 154 Å². The molecule has 0 heterocycles. The second kappa shape index (κ2) is 44.0. The monoisotopic (exact) mass is 601 g/mol. The summed E-state index contributed by atoms with van der Waals surface area (Å²) in [7, 11) is 0. The lowest BCUT2D eigenvalue weighted by Gasteiger charge is -2.03. The van der Waals surface area contributed by atoms with Gasteiger partial charge in [-0.2, -0.15) is 0 Å². The first-order valence-corrected chi connectivity index (χ1v) is 17.8. The summed E-state index contributed by atoms with van der Waals surface area (Å²) < 4.78 is 0. The van der Waals surface area contributed by atoms with E-state index in [-0.39, 0.29) is 13.2 Å². The van der Waals surface area contributed by atoms with Crippen LogP contribution in [0.4, 0.5) is 0 Å². The highest BCUT2D eigenvalue weighted by Crippen LogP contribution is 2.14. The Balaban J connectivity index is -0.000000644. The lowest BCUT2D eigenvalue weighted by atomic mass is 10.0. The number of unbranched alkanes of at least 4 members (excludes halogenated alkanes) is 23. The number of hydrogen-bond donors (Lipinski definition) is 4. The third-order valence-corrected chi connectivity index (χ3v) is 7.25. The van der Waals surface area contributed by atoms with Crippen LogP contribution in [0.3, 0.4) is 0 Å². The van der Waals surface area contributed by atoms with Gasteiger partial charge in [0.15, 0.2) is 0 Å². The van der Waals surface area contributed by atoms with Crippen molar-refractivity contribution in [2.75, 3.05) is 13.2 Å². The van der Waals surface area contributed by atoms with Crippen LogP contribution in [-0.4, -0.2) is 45.6 Å². The smallest absolute Gasteiger partial charge is 0.303 e. The fourth-order valence-electron chi connectivity index (χ4n) is 4.64. The van der Waals surface area contributed by atoms with E-state index in [1.165, 1.54) is 141 Å². The molecule has 0 aromatic rings. The third kappa shape index (κ3) is 54.6. The van der Waals surface area contributed by atoms with Crippen molar-refractivity contribution in [2.45, 2.75) is 194 Å². The maximum absolute atomic E-state index is 10.3. The normalized spacial score (nSPS) is 10.7. The fraction of sp³-hybridized carbons (Fsp3) is 0.889. The van der Waals surface area contributed by atoms with E-state index < -0.39 is 11.9 Å². The molecule has 0 spiro atoms. The van der Waals surface area contributed by atoms with E-state index in [4.69, 9.17) is 20.4 Å². The lowest BCUT2D eigenvalue weighted by Crippen LogP contribution is -1.93. The molecule has 0 saturated heterocycles. The maximum atomic E-state index is 10.3. The molecule has 0 amide bonds. The minimum atomic E-state index is -0.666. The van der Waals surface area contributed by atoms with E-state index in [1.54, 1.807) is 0 Å². The van der Waals surface area contributed by atoms with Gasteiger partial charge in [0.05, 0.1) is 13.2 Å². The van der Waals surface area contributed by atoms with E-state index in [2.05, 4.69) is 26.0 Å². The predicted molar refractivity (Wildman–Crippen MR) is 179 cm³/mol. The molecule has 0 rings (SSSR count). The molecular weight excluding hydrogens is 528 g/mol. The van der Waals surface area contributed by atoms with E-state index in [1.807, 2.05) is 0 Å². The van der Waals surface area contributed by atoms with Gasteiger partial charge in [-0.3, -0.25) is 9.59 Å². The van der Waals surface area contributed by atoms with Crippen molar-refractivity contribution < 1.29 is 30.0 Å². The Morgan fingerprint density at radius 3 is 0.905 bits per heavy atom. The van der Waals surface area contributed by atoms with Gasteiger partial charge in [0, 0.05) is 12.8 Å². The summed E-state index contributed by atoms with van der Waals surface area (Å²) in [6.07, 6.45) is 38.5. The molecular formula is C36H72O6. The third-order valence-electron chi connectivity index (χ3n) is 7.25. The summed E-state index contributed by atoms with van der Waals surface area (Å²) in [6.45, 7) is 4.26. The van der Waals surface area contributed by atoms with E-state index in [0.717, 1.165) is 25.7 Å². The topological polar surface area (TPSA) is 115 Å². The van der Waals surface area contributed by atoms with E-state index >= 15 is 0 Å². The first-order chi connectivity index (χ1) is 20.5. The Bertz CT molecular complexity index is 533.